The highest BCUT2D eigenvalue weighted by atomic mass is 35.5. The standard InChI is InChI=1S/C15H13Cl4N7OS/c1-6-3-7(2)26(24-6)14-22-23-15(25(14)20)28-5-10(27)21-13-11(18)8(16)4-9(17)12(13)19/h3-4H,5,20H2,1-2H3,(H,21,27). The third-order valence-electron chi connectivity index (χ3n) is 3.55. The Morgan fingerprint density at radius 1 is 1.14 bits per heavy atom. The van der Waals surface area contributed by atoms with Crippen molar-refractivity contribution in [2.45, 2.75) is 19.0 Å². The van der Waals surface area contributed by atoms with Gasteiger partial charge in [-0.05, 0) is 26.0 Å². The minimum Gasteiger partial charge on any atom is -0.334 e. The molecule has 8 nitrogen and oxygen atoms in total. The minimum atomic E-state index is -0.400. The molecule has 0 aliphatic heterocycles. The van der Waals surface area contributed by atoms with E-state index in [-0.39, 0.29) is 31.5 Å². The van der Waals surface area contributed by atoms with Crippen molar-refractivity contribution < 1.29 is 4.79 Å². The number of rotatable bonds is 5. The maximum absolute atomic E-state index is 12.3. The lowest BCUT2D eigenvalue weighted by molar-refractivity contribution is -0.113. The van der Waals surface area contributed by atoms with Crippen molar-refractivity contribution in [2.75, 3.05) is 16.9 Å². The van der Waals surface area contributed by atoms with Crippen molar-refractivity contribution in [1.29, 1.82) is 0 Å². The molecule has 0 spiro atoms. The quantitative estimate of drug-likeness (QED) is 0.323. The first-order valence-corrected chi connectivity index (χ1v) is 10.2. The molecule has 28 heavy (non-hydrogen) atoms. The fourth-order valence-electron chi connectivity index (χ4n) is 2.33. The van der Waals surface area contributed by atoms with Crippen molar-refractivity contribution in [3.8, 4) is 5.95 Å². The summed E-state index contributed by atoms with van der Waals surface area (Å²) in [5.74, 6) is 5.95. The molecule has 3 N–H and O–H groups in total. The molecule has 0 unspecified atom stereocenters. The van der Waals surface area contributed by atoms with Gasteiger partial charge in [-0.15, -0.1) is 10.2 Å². The van der Waals surface area contributed by atoms with Gasteiger partial charge >= 0.3 is 0 Å². The number of thioether (sulfide) groups is 1. The van der Waals surface area contributed by atoms with Gasteiger partial charge in [-0.25, -0.2) is 9.36 Å². The van der Waals surface area contributed by atoms with Gasteiger partial charge in [-0.3, -0.25) is 4.79 Å². The van der Waals surface area contributed by atoms with E-state index in [1.807, 2.05) is 19.9 Å². The number of nitrogens with two attached hydrogens (primary N) is 1. The number of halogens is 4. The Kier molecular flexibility index (Phi) is 6.31. The summed E-state index contributed by atoms with van der Waals surface area (Å²) in [5.41, 5.74) is 1.82. The normalized spacial score (nSPS) is 11.1. The smallest absolute Gasteiger partial charge is 0.271 e. The number of hydrogen-bond acceptors (Lipinski definition) is 6. The summed E-state index contributed by atoms with van der Waals surface area (Å²) in [5, 5.41) is 15.8. The summed E-state index contributed by atoms with van der Waals surface area (Å²) in [6.45, 7) is 3.73. The highest BCUT2D eigenvalue weighted by molar-refractivity contribution is 7.99. The Balaban J connectivity index is 1.72. The van der Waals surface area contributed by atoms with E-state index in [2.05, 4.69) is 20.6 Å². The van der Waals surface area contributed by atoms with E-state index in [1.165, 1.54) is 10.7 Å². The SMILES string of the molecule is Cc1cc(C)n(-c2nnc(SCC(=O)Nc3c(Cl)c(Cl)cc(Cl)c3Cl)n2N)n1. The molecule has 0 saturated carbocycles. The topological polar surface area (TPSA) is 104 Å². The van der Waals surface area contributed by atoms with Crippen LogP contribution in [0.15, 0.2) is 17.3 Å². The van der Waals surface area contributed by atoms with Gasteiger partial charge in [0.25, 0.3) is 5.95 Å². The van der Waals surface area contributed by atoms with Gasteiger partial charge in [0.2, 0.25) is 11.1 Å². The zero-order valence-electron chi connectivity index (χ0n) is 14.5. The summed E-state index contributed by atoms with van der Waals surface area (Å²) in [6.07, 6.45) is 0. The van der Waals surface area contributed by atoms with Gasteiger partial charge in [-0.1, -0.05) is 58.2 Å². The largest absolute Gasteiger partial charge is 0.334 e. The number of carbonyl (C=O) groups excluding carboxylic acids is 1. The Morgan fingerprint density at radius 2 is 1.79 bits per heavy atom. The predicted octanol–water partition coefficient (Wildman–Crippen LogP) is 4.14. The molecular weight excluding hydrogens is 468 g/mol. The van der Waals surface area contributed by atoms with Crippen LogP contribution < -0.4 is 11.2 Å². The molecule has 0 saturated heterocycles. The zero-order chi connectivity index (χ0) is 20.6. The van der Waals surface area contributed by atoms with Crippen LogP contribution in [0.25, 0.3) is 5.95 Å². The number of nitrogen functional groups attached to an aromatic ring is 1. The third-order valence-corrected chi connectivity index (χ3v) is 6.07. The van der Waals surface area contributed by atoms with Gasteiger partial charge in [0.15, 0.2) is 0 Å². The number of hydrogen-bond donors (Lipinski definition) is 2. The summed E-state index contributed by atoms with van der Waals surface area (Å²) < 4.78 is 2.83. The Labute approximate surface area is 184 Å². The average Bonchev–Trinajstić information content (AvgIpc) is 3.16. The molecule has 1 aromatic carbocycles. The number of anilines is 1. The van der Waals surface area contributed by atoms with Gasteiger partial charge in [0.05, 0.1) is 37.2 Å². The summed E-state index contributed by atoms with van der Waals surface area (Å²) in [4.78, 5) is 12.3. The number of benzene rings is 1. The first kappa shape index (κ1) is 21.1. The minimum absolute atomic E-state index is 0.0246. The number of amides is 1. The zero-order valence-corrected chi connectivity index (χ0v) is 18.3. The fraction of sp³-hybridized carbons (Fsp3) is 0.200. The van der Waals surface area contributed by atoms with Crippen molar-refractivity contribution in [1.82, 2.24) is 24.7 Å². The van der Waals surface area contributed by atoms with Crippen LogP contribution in [-0.2, 0) is 4.79 Å². The fourth-order valence-corrected chi connectivity index (χ4v) is 3.89. The van der Waals surface area contributed by atoms with E-state index in [0.29, 0.717) is 11.1 Å². The van der Waals surface area contributed by atoms with Crippen molar-refractivity contribution >= 4 is 69.8 Å². The number of nitrogens with zero attached hydrogens (tertiary/aromatic N) is 5. The molecule has 2 heterocycles. The van der Waals surface area contributed by atoms with Crippen LogP contribution in [0.2, 0.25) is 20.1 Å². The second kappa shape index (κ2) is 8.38. The monoisotopic (exact) mass is 479 g/mol. The molecule has 13 heteroatoms. The van der Waals surface area contributed by atoms with E-state index in [1.54, 1.807) is 4.68 Å². The summed E-state index contributed by atoms with van der Waals surface area (Å²) in [6, 6.07) is 3.29. The maximum atomic E-state index is 12.3. The van der Waals surface area contributed by atoms with E-state index in [9.17, 15) is 4.79 Å². The van der Waals surface area contributed by atoms with Gasteiger partial charge in [0, 0.05) is 5.69 Å². The first-order chi connectivity index (χ1) is 13.2. The van der Waals surface area contributed by atoms with Crippen LogP contribution in [-0.4, -0.2) is 36.3 Å². The number of aromatic nitrogens is 5. The van der Waals surface area contributed by atoms with Crippen LogP contribution in [0.4, 0.5) is 5.69 Å². The molecule has 1 amide bonds. The molecule has 148 valence electrons. The number of aryl methyl sites for hydroxylation is 2. The molecule has 3 rings (SSSR count). The highest BCUT2D eigenvalue weighted by Crippen LogP contribution is 2.41. The molecule has 0 aliphatic rings. The summed E-state index contributed by atoms with van der Waals surface area (Å²) >= 11 is 25.2. The van der Waals surface area contributed by atoms with Crippen LogP contribution in [0.5, 0.6) is 0 Å². The van der Waals surface area contributed by atoms with Crippen molar-refractivity contribution in [2.24, 2.45) is 0 Å². The second-order valence-corrected chi connectivity index (χ2v) is 8.18. The van der Waals surface area contributed by atoms with E-state index < -0.39 is 5.91 Å². The summed E-state index contributed by atoms with van der Waals surface area (Å²) in [7, 11) is 0. The third kappa shape index (κ3) is 4.18. The average molecular weight is 481 g/mol. The molecule has 2 aromatic heterocycles. The van der Waals surface area contributed by atoms with Crippen LogP contribution in [0.1, 0.15) is 11.4 Å². The maximum Gasteiger partial charge on any atom is 0.271 e. The molecule has 3 aromatic rings. The van der Waals surface area contributed by atoms with E-state index >= 15 is 0 Å². The number of carbonyl (C=O) groups is 1. The predicted molar refractivity (Wildman–Crippen MR) is 113 cm³/mol. The van der Waals surface area contributed by atoms with Crippen molar-refractivity contribution in [3.63, 3.8) is 0 Å². The van der Waals surface area contributed by atoms with Gasteiger partial charge in [-0.2, -0.15) is 5.10 Å². The Morgan fingerprint density at radius 3 is 2.36 bits per heavy atom. The lowest BCUT2D eigenvalue weighted by Gasteiger charge is -2.11. The van der Waals surface area contributed by atoms with E-state index in [0.717, 1.165) is 23.1 Å². The molecule has 0 bridgehead atoms. The Bertz CT molecular complexity index is 1040. The molecule has 0 fully saturated rings. The lowest BCUT2D eigenvalue weighted by atomic mass is 10.3. The first-order valence-electron chi connectivity index (χ1n) is 7.68. The highest BCUT2D eigenvalue weighted by Gasteiger charge is 2.19. The molecule has 0 aliphatic carbocycles. The second-order valence-electron chi connectivity index (χ2n) is 5.67. The van der Waals surface area contributed by atoms with Crippen LogP contribution in [0.3, 0.4) is 0 Å². The lowest BCUT2D eigenvalue weighted by Crippen LogP contribution is -2.19. The van der Waals surface area contributed by atoms with E-state index in [4.69, 9.17) is 52.2 Å². The van der Waals surface area contributed by atoms with Crippen molar-refractivity contribution in [3.05, 3.63) is 43.6 Å². The van der Waals surface area contributed by atoms with Crippen LogP contribution >= 0.6 is 58.2 Å². The van der Waals surface area contributed by atoms with Gasteiger partial charge in [0.1, 0.15) is 0 Å². The van der Waals surface area contributed by atoms with Crippen LogP contribution in [0, 0.1) is 13.8 Å². The Hall–Kier alpha value is -1.65. The molecular formula is C15H13Cl4N7OS. The molecule has 0 atom stereocenters. The molecule has 0 radical (unpaired) electrons. The van der Waals surface area contributed by atoms with Gasteiger partial charge < -0.3 is 11.2 Å². The number of nitrogens with one attached hydrogen (secondary N) is 1.